The molecule has 3 aromatic rings. The highest BCUT2D eigenvalue weighted by molar-refractivity contribution is 6.15. The summed E-state index contributed by atoms with van der Waals surface area (Å²) in [6.45, 7) is 5.25. The lowest BCUT2D eigenvalue weighted by Gasteiger charge is -2.35. The Morgan fingerprint density at radius 1 is 0.955 bits per heavy atom. The average molecular weight is 603 g/mol. The predicted molar refractivity (Wildman–Crippen MR) is 166 cm³/mol. The molecular formula is C32H38N6O6. The highest BCUT2D eigenvalue weighted by atomic mass is 16.5. The van der Waals surface area contributed by atoms with Gasteiger partial charge in [-0.1, -0.05) is 69.5 Å². The van der Waals surface area contributed by atoms with Crippen molar-refractivity contribution in [3.8, 4) is 11.4 Å². The number of urea groups is 2. The first kappa shape index (κ1) is 30.7. The van der Waals surface area contributed by atoms with Crippen LogP contribution in [0.25, 0.3) is 11.4 Å². The third kappa shape index (κ3) is 6.74. The van der Waals surface area contributed by atoms with Crippen LogP contribution in [0, 0.1) is 5.41 Å². The Kier molecular flexibility index (Phi) is 8.98. The number of carbonyl (C=O) groups excluding carboxylic acids is 4. The number of fused-ring (bicyclic) bond motifs is 1. The van der Waals surface area contributed by atoms with Crippen LogP contribution >= 0.6 is 0 Å². The number of carbonyl (C=O) groups is 4. The fourth-order valence-electron chi connectivity index (χ4n) is 5.60. The number of nitrogens with one attached hydrogen (secondary N) is 2. The van der Waals surface area contributed by atoms with Crippen molar-refractivity contribution in [2.24, 2.45) is 5.41 Å². The molecule has 232 valence electrons. The number of Topliss-reactive ketones (excluding diaryl/α,β-unsaturated/α-hetero) is 1. The van der Waals surface area contributed by atoms with E-state index in [1.165, 1.54) is 9.80 Å². The molecule has 12 heteroatoms. The van der Waals surface area contributed by atoms with Gasteiger partial charge in [0.25, 0.3) is 0 Å². The molecule has 1 aromatic heterocycles. The van der Waals surface area contributed by atoms with Crippen LogP contribution in [0.5, 0.6) is 0 Å². The number of amides is 5. The van der Waals surface area contributed by atoms with Crippen LogP contribution in [0.3, 0.4) is 0 Å². The molecule has 2 heterocycles. The third-order valence-corrected chi connectivity index (χ3v) is 8.05. The fraction of sp³-hybridized carbons (Fsp3) is 0.438. The molecule has 2 N–H and O–H groups in total. The molecule has 0 spiro atoms. The van der Waals surface area contributed by atoms with Gasteiger partial charge in [-0.25, -0.2) is 19.3 Å². The van der Waals surface area contributed by atoms with Crippen LogP contribution in [0.1, 0.15) is 65.7 Å². The zero-order valence-corrected chi connectivity index (χ0v) is 25.3. The standard InChI is InChI=1S/C32H38N6O6/c1-32(2,3)26(39)20-37-24-15-7-8-16-25(24)38(23-13-5-4-6-14-23)31(43)36(30(37)42)18-10-17-27(40)33-22-12-9-11-21(19-22)28-34-29(41)44-35-28/h7-9,11-12,15-16,19,23H,4-6,10,13-14,17-18,20H2,1-3H3,(H,33,40)(H,34,35,41). The molecule has 44 heavy (non-hydrogen) atoms. The maximum atomic E-state index is 14.2. The van der Waals surface area contributed by atoms with E-state index in [2.05, 4.69) is 20.0 Å². The molecule has 5 rings (SSSR count). The number of anilines is 3. The number of nitrogens with zero attached hydrogens (tertiary/aromatic N) is 4. The number of para-hydroxylation sites is 2. The van der Waals surface area contributed by atoms with Crippen LogP contribution in [0.15, 0.2) is 57.8 Å². The maximum absolute atomic E-state index is 14.2. The van der Waals surface area contributed by atoms with Crippen molar-refractivity contribution >= 4 is 40.8 Å². The number of H-pyrrole nitrogens is 1. The Morgan fingerprint density at radius 3 is 2.36 bits per heavy atom. The smallest absolute Gasteiger partial charge is 0.326 e. The third-order valence-electron chi connectivity index (χ3n) is 8.05. The summed E-state index contributed by atoms with van der Waals surface area (Å²) < 4.78 is 4.56. The SMILES string of the molecule is CC(C)(C)C(=O)CN1C(=O)N(CCCC(=O)Nc2cccc(-c3noc(=O)[nH]3)c2)C(=O)N(C2CCCCC2)c2ccccc21. The molecule has 0 radical (unpaired) electrons. The average Bonchev–Trinajstić information content (AvgIpc) is 3.41. The van der Waals surface area contributed by atoms with E-state index in [0.29, 0.717) is 22.6 Å². The van der Waals surface area contributed by atoms with E-state index < -0.39 is 23.2 Å². The van der Waals surface area contributed by atoms with E-state index in [0.717, 1.165) is 32.1 Å². The van der Waals surface area contributed by atoms with Crippen LogP contribution in [-0.4, -0.2) is 57.9 Å². The minimum atomic E-state index is -0.683. The lowest BCUT2D eigenvalue weighted by Crippen LogP contribution is -2.53. The van der Waals surface area contributed by atoms with Crippen molar-refractivity contribution in [2.75, 3.05) is 28.2 Å². The predicted octanol–water partition coefficient (Wildman–Crippen LogP) is 5.57. The van der Waals surface area contributed by atoms with Crippen molar-refractivity contribution < 1.29 is 23.7 Å². The molecule has 1 aliphatic heterocycles. The Morgan fingerprint density at radius 2 is 1.68 bits per heavy atom. The summed E-state index contributed by atoms with van der Waals surface area (Å²) in [4.78, 5) is 72.4. The van der Waals surface area contributed by atoms with Crippen molar-refractivity contribution in [1.29, 1.82) is 0 Å². The molecule has 0 atom stereocenters. The fourth-order valence-corrected chi connectivity index (χ4v) is 5.60. The van der Waals surface area contributed by atoms with E-state index in [4.69, 9.17) is 0 Å². The number of aromatic nitrogens is 2. The molecule has 1 aliphatic carbocycles. The van der Waals surface area contributed by atoms with Crippen molar-refractivity contribution in [2.45, 2.75) is 71.8 Å². The molecule has 5 amide bonds. The van der Waals surface area contributed by atoms with Gasteiger partial charge in [0.1, 0.15) is 0 Å². The minimum absolute atomic E-state index is 0.00270. The summed E-state index contributed by atoms with van der Waals surface area (Å²) in [5.74, 6) is -0.881. The Balaban J connectivity index is 1.35. The Hall–Kier alpha value is -4.74. The number of imide groups is 1. The molecule has 1 fully saturated rings. The summed E-state index contributed by atoms with van der Waals surface area (Å²) in [6, 6.07) is 13.0. The topological polar surface area (TPSA) is 149 Å². The quantitative estimate of drug-likeness (QED) is 0.325. The molecule has 12 nitrogen and oxygen atoms in total. The highest BCUT2D eigenvalue weighted by Gasteiger charge is 2.41. The van der Waals surface area contributed by atoms with Gasteiger partial charge in [0.05, 0.1) is 17.9 Å². The lowest BCUT2D eigenvalue weighted by atomic mass is 9.90. The largest absolute Gasteiger partial charge is 0.439 e. The minimum Gasteiger partial charge on any atom is -0.326 e. The van der Waals surface area contributed by atoms with E-state index in [1.807, 2.05) is 12.1 Å². The first-order chi connectivity index (χ1) is 21.0. The van der Waals surface area contributed by atoms with Gasteiger partial charge in [0.15, 0.2) is 11.6 Å². The first-order valence-electron chi connectivity index (χ1n) is 15.0. The summed E-state index contributed by atoms with van der Waals surface area (Å²) in [6.07, 6.45) is 4.99. The molecule has 1 saturated carbocycles. The number of aromatic amines is 1. The lowest BCUT2D eigenvalue weighted by molar-refractivity contribution is -0.124. The first-order valence-corrected chi connectivity index (χ1v) is 15.0. The van der Waals surface area contributed by atoms with Gasteiger partial charge in [-0.2, -0.15) is 0 Å². The summed E-state index contributed by atoms with van der Waals surface area (Å²) in [5.41, 5.74) is 1.51. The van der Waals surface area contributed by atoms with Crippen molar-refractivity contribution in [3.05, 3.63) is 59.1 Å². The number of benzene rings is 2. The van der Waals surface area contributed by atoms with Gasteiger partial charge in [0, 0.05) is 35.7 Å². The van der Waals surface area contributed by atoms with Crippen LogP contribution < -0.4 is 20.9 Å². The number of hydrogen-bond acceptors (Lipinski definition) is 7. The second-order valence-electron chi connectivity index (χ2n) is 12.3. The summed E-state index contributed by atoms with van der Waals surface area (Å²) >= 11 is 0. The van der Waals surface area contributed by atoms with Gasteiger partial charge in [-0.3, -0.25) is 28.9 Å². The molecule has 0 unspecified atom stereocenters. The second kappa shape index (κ2) is 12.9. The van der Waals surface area contributed by atoms with Gasteiger partial charge >= 0.3 is 17.8 Å². The summed E-state index contributed by atoms with van der Waals surface area (Å²) in [7, 11) is 0. The van der Waals surface area contributed by atoms with Gasteiger partial charge in [-0.05, 0) is 43.5 Å². The molecule has 0 saturated heterocycles. The van der Waals surface area contributed by atoms with Gasteiger partial charge in [-0.15, -0.1) is 0 Å². The van der Waals surface area contributed by atoms with E-state index in [9.17, 15) is 24.0 Å². The van der Waals surface area contributed by atoms with E-state index >= 15 is 0 Å². The summed E-state index contributed by atoms with van der Waals surface area (Å²) in [5, 5.41) is 6.48. The van der Waals surface area contributed by atoms with Crippen molar-refractivity contribution in [1.82, 2.24) is 15.0 Å². The van der Waals surface area contributed by atoms with Gasteiger partial charge in [0.2, 0.25) is 5.91 Å². The molecule has 2 aromatic carbocycles. The van der Waals surface area contributed by atoms with Crippen molar-refractivity contribution in [3.63, 3.8) is 0 Å². The highest BCUT2D eigenvalue weighted by Crippen LogP contribution is 2.38. The number of ketones is 1. The monoisotopic (exact) mass is 602 g/mol. The zero-order valence-electron chi connectivity index (χ0n) is 25.3. The zero-order chi connectivity index (χ0) is 31.4. The normalized spacial score (nSPS) is 16.1. The molecular weight excluding hydrogens is 564 g/mol. The Labute approximate surface area is 255 Å². The molecule has 2 aliphatic rings. The maximum Gasteiger partial charge on any atom is 0.439 e. The van der Waals surface area contributed by atoms with Crippen LogP contribution in [-0.2, 0) is 9.59 Å². The number of rotatable bonds is 9. The van der Waals surface area contributed by atoms with E-state index in [-0.39, 0.29) is 49.5 Å². The van der Waals surface area contributed by atoms with Crippen LogP contribution in [0.4, 0.5) is 26.7 Å². The molecule has 0 bridgehead atoms. The Bertz CT molecular complexity index is 1600. The van der Waals surface area contributed by atoms with Crippen LogP contribution in [0.2, 0.25) is 0 Å². The second-order valence-corrected chi connectivity index (χ2v) is 12.3. The van der Waals surface area contributed by atoms with E-state index in [1.54, 1.807) is 62.1 Å². The van der Waals surface area contributed by atoms with Gasteiger partial charge < -0.3 is 5.32 Å². The number of hydrogen-bond donors (Lipinski definition) is 2.